The van der Waals surface area contributed by atoms with Crippen LogP contribution in [0, 0.1) is 25.2 Å². The minimum Gasteiger partial charge on any atom is -0.481 e. The molecule has 2 aromatic carbocycles. The molecule has 1 aliphatic rings. The van der Waals surface area contributed by atoms with Gasteiger partial charge in [0.15, 0.2) is 0 Å². The fraction of sp³-hybridized carbons (Fsp3) is 0.333. The van der Waals surface area contributed by atoms with E-state index >= 15 is 0 Å². The number of allylic oxidation sites excluding steroid dienone is 2. The first-order chi connectivity index (χ1) is 18.6. The predicted octanol–water partition coefficient (Wildman–Crippen LogP) is 6.46. The van der Waals surface area contributed by atoms with Gasteiger partial charge >= 0.3 is 5.97 Å². The molecular weight excluding hydrogens is 550 g/mol. The molecule has 10 heteroatoms. The van der Waals surface area contributed by atoms with E-state index in [9.17, 15) is 14.9 Å². The van der Waals surface area contributed by atoms with Crippen LogP contribution in [0.2, 0.25) is 5.02 Å². The van der Waals surface area contributed by atoms with Gasteiger partial charge < -0.3 is 20.5 Å². The highest BCUT2D eigenvalue weighted by Gasteiger charge is 2.37. The van der Waals surface area contributed by atoms with E-state index in [4.69, 9.17) is 26.2 Å². The van der Waals surface area contributed by atoms with Crippen LogP contribution in [0.4, 0.5) is 5.69 Å². The Bertz CT molecular complexity index is 1380. The van der Waals surface area contributed by atoms with Gasteiger partial charge in [0.2, 0.25) is 5.91 Å². The minimum absolute atomic E-state index is 0.0865. The number of carbonyl (C=O) groups excluding carboxylic acids is 2. The largest absolute Gasteiger partial charge is 0.481 e. The third kappa shape index (κ3) is 9.47. The second-order valence-corrected chi connectivity index (χ2v) is 11.6. The van der Waals surface area contributed by atoms with E-state index in [1.54, 1.807) is 52.0 Å². The number of carboxylic acids is 1. The summed E-state index contributed by atoms with van der Waals surface area (Å²) in [4.78, 5) is 34.9. The van der Waals surface area contributed by atoms with Gasteiger partial charge in [-0.2, -0.15) is 5.26 Å². The van der Waals surface area contributed by atoms with Gasteiger partial charge in [-0.25, -0.2) is 4.79 Å². The highest BCUT2D eigenvalue weighted by atomic mass is 35.5. The third-order valence-corrected chi connectivity index (χ3v) is 6.74. The first kappa shape index (κ1) is 32.5. The normalized spacial score (nSPS) is 14.8. The van der Waals surface area contributed by atoms with Crippen molar-refractivity contribution in [3.05, 3.63) is 86.0 Å². The topological polar surface area (TPSA) is 129 Å². The average molecular weight is 584 g/mol. The molecule has 1 heterocycles. The molecule has 1 amide bonds. The second kappa shape index (κ2) is 14.1. The molecule has 2 aromatic rings. The lowest BCUT2D eigenvalue weighted by molar-refractivity contribution is -0.150. The smallest absolute Gasteiger partial charge is 0.337 e. The summed E-state index contributed by atoms with van der Waals surface area (Å²) in [5.41, 5.74) is 4.14. The molecule has 3 rings (SSSR count). The Balaban J connectivity index is 0.00000131. The van der Waals surface area contributed by atoms with Crippen molar-refractivity contribution >= 4 is 46.9 Å². The van der Waals surface area contributed by atoms with Gasteiger partial charge in [0.05, 0.1) is 33.9 Å². The number of dihydropyridines is 1. The number of carbonyl (C=O) groups is 3. The summed E-state index contributed by atoms with van der Waals surface area (Å²) in [5, 5.41) is 24.8. The van der Waals surface area contributed by atoms with Crippen molar-refractivity contribution in [2.45, 2.75) is 60.0 Å². The molecule has 1 atom stereocenters. The molecule has 0 radical (unpaired) electrons. The summed E-state index contributed by atoms with van der Waals surface area (Å²) in [6, 6.07) is 15.1. The zero-order valence-electron chi connectivity index (χ0n) is 23.6. The van der Waals surface area contributed by atoms with Crippen molar-refractivity contribution < 1.29 is 24.2 Å². The molecular formula is C30H34ClN3O5S. The average Bonchev–Trinajstić information content (AvgIpc) is 2.83. The number of anilines is 1. The Kier molecular flexibility index (Phi) is 11.4. The molecule has 8 nitrogen and oxygen atoms in total. The molecule has 0 aromatic heterocycles. The number of thioether (sulfide) groups is 1. The van der Waals surface area contributed by atoms with E-state index in [2.05, 4.69) is 16.7 Å². The maximum Gasteiger partial charge on any atom is 0.337 e. The molecule has 40 heavy (non-hydrogen) atoms. The molecule has 0 spiro atoms. The van der Waals surface area contributed by atoms with Gasteiger partial charge in [0.1, 0.15) is 5.60 Å². The minimum atomic E-state index is -0.833. The Morgan fingerprint density at radius 1 is 1.12 bits per heavy atom. The maximum absolute atomic E-state index is 13.2. The van der Waals surface area contributed by atoms with Gasteiger partial charge in [-0.15, -0.1) is 0 Å². The lowest BCUT2D eigenvalue weighted by atomic mass is 9.82. The lowest BCUT2D eigenvalue weighted by Crippen LogP contribution is -2.32. The molecule has 1 unspecified atom stereocenters. The van der Waals surface area contributed by atoms with Crippen molar-refractivity contribution in [3.63, 3.8) is 0 Å². The SMILES string of the molecule is CC(=O)O.CC1=C(C(=O)OC(C)(C)C)C(c2ccc(Cl)cc2)C(C#N)=C(SCC(=O)Nc2ccc(C)cc2C)N1. The fourth-order valence-electron chi connectivity index (χ4n) is 3.90. The number of aryl methyl sites for hydroxylation is 2. The standard InChI is InChI=1S/C28H30ClN3O3S.C2H4O2/c1-16-7-12-22(17(2)13-16)32-23(33)15-36-26-21(14-30)25(19-8-10-20(29)11-9-19)24(18(3)31-26)27(34)35-28(4,5)6;1-2(3)4/h7-13,25,31H,15H2,1-6H3,(H,32,33);1H3,(H,3,4). The summed E-state index contributed by atoms with van der Waals surface area (Å²) in [7, 11) is 0. The van der Waals surface area contributed by atoms with E-state index in [-0.39, 0.29) is 11.7 Å². The van der Waals surface area contributed by atoms with Crippen LogP contribution < -0.4 is 10.6 Å². The molecule has 0 fully saturated rings. The Hall–Kier alpha value is -3.74. The molecule has 0 bridgehead atoms. The number of nitrogens with one attached hydrogen (secondary N) is 2. The Morgan fingerprint density at radius 2 is 1.73 bits per heavy atom. The quantitative estimate of drug-likeness (QED) is 0.331. The number of hydrogen-bond donors (Lipinski definition) is 3. The van der Waals surface area contributed by atoms with Gasteiger partial charge in [-0.05, 0) is 70.9 Å². The molecule has 3 N–H and O–H groups in total. The van der Waals surface area contributed by atoms with E-state index in [0.29, 0.717) is 26.9 Å². The highest BCUT2D eigenvalue weighted by molar-refractivity contribution is 8.03. The zero-order valence-corrected chi connectivity index (χ0v) is 25.2. The number of nitriles is 1. The number of nitrogens with zero attached hydrogens (tertiary/aromatic N) is 1. The van der Waals surface area contributed by atoms with Crippen LogP contribution in [-0.4, -0.2) is 34.3 Å². The summed E-state index contributed by atoms with van der Waals surface area (Å²) >= 11 is 7.31. The second-order valence-electron chi connectivity index (χ2n) is 10.2. The lowest BCUT2D eigenvalue weighted by Gasteiger charge is -2.31. The van der Waals surface area contributed by atoms with Crippen LogP contribution in [-0.2, 0) is 19.1 Å². The number of hydrogen-bond acceptors (Lipinski definition) is 7. The first-order valence-electron chi connectivity index (χ1n) is 12.4. The van der Waals surface area contributed by atoms with Gasteiger partial charge in [-0.3, -0.25) is 9.59 Å². The Labute approximate surface area is 244 Å². The third-order valence-electron chi connectivity index (χ3n) is 5.47. The number of halogens is 1. The summed E-state index contributed by atoms with van der Waals surface area (Å²) in [5.74, 6) is -2.10. The monoisotopic (exact) mass is 583 g/mol. The first-order valence-corrected chi connectivity index (χ1v) is 13.8. The van der Waals surface area contributed by atoms with Crippen LogP contribution >= 0.6 is 23.4 Å². The van der Waals surface area contributed by atoms with Gasteiger partial charge in [0, 0.05) is 23.3 Å². The van der Waals surface area contributed by atoms with Crippen molar-refractivity contribution in [1.82, 2.24) is 5.32 Å². The summed E-state index contributed by atoms with van der Waals surface area (Å²) in [6.45, 7) is 12.2. The van der Waals surface area contributed by atoms with Crippen LogP contribution in [0.25, 0.3) is 0 Å². The number of rotatable bonds is 6. The van der Waals surface area contributed by atoms with Gasteiger partial charge in [-0.1, -0.05) is 53.2 Å². The van der Waals surface area contributed by atoms with Crippen molar-refractivity contribution in [3.8, 4) is 6.07 Å². The van der Waals surface area contributed by atoms with Crippen molar-refractivity contribution in [2.75, 3.05) is 11.1 Å². The number of benzene rings is 2. The number of carboxylic acid groups (broad SMARTS) is 1. The molecule has 0 saturated carbocycles. The van der Waals surface area contributed by atoms with Crippen LogP contribution in [0.3, 0.4) is 0 Å². The molecule has 1 aliphatic heterocycles. The summed E-state index contributed by atoms with van der Waals surface area (Å²) < 4.78 is 5.67. The summed E-state index contributed by atoms with van der Waals surface area (Å²) in [6.07, 6.45) is 0. The number of esters is 1. The Morgan fingerprint density at radius 3 is 2.25 bits per heavy atom. The van der Waals surface area contributed by atoms with Gasteiger partial charge in [0.25, 0.3) is 5.97 Å². The molecule has 0 saturated heterocycles. The van der Waals surface area contributed by atoms with E-state index in [0.717, 1.165) is 29.3 Å². The maximum atomic E-state index is 13.2. The number of ether oxygens (including phenoxy) is 1. The van der Waals surface area contributed by atoms with Crippen LogP contribution in [0.1, 0.15) is 57.2 Å². The zero-order chi connectivity index (χ0) is 30.2. The molecule has 212 valence electrons. The van der Waals surface area contributed by atoms with Crippen molar-refractivity contribution in [1.29, 1.82) is 5.26 Å². The van der Waals surface area contributed by atoms with Crippen LogP contribution in [0.15, 0.2) is 64.3 Å². The number of amides is 1. The predicted molar refractivity (Wildman–Crippen MR) is 159 cm³/mol. The van der Waals surface area contributed by atoms with E-state index < -0.39 is 23.5 Å². The van der Waals surface area contributed by atoms with Crippen LogP contribution in [0.5, 0.6) is 0 Å². The van der Waals surface area contributed by atoms with E-state index in [1.807, 2.05) is 32.0 Å². The fourth-order valence-corrected chi connectivity index (χ4v) is 4.91. The van der Waals surface area contributed by atoms with Crippen molar-refractivity contribution in [2.24, 2.45) is 0 Å². The number of aliphatic carboxylic acids is 1. The highest BCUT2D eigenvalue weighted by Crippen LogP contribution is 2.41. The van der Waals surface area contributed by atoms with E-state index in [1.165, 1.54) is 11.8 Å². The molecule has 0 aliphatic carbocycles.